The fourth-order valence-electron chi connectivity index (χ4n) is 1.27. The van der Waals surface area contributed by atoms with Crippen molar-refractivity contribution in [2.24, 2.45) is 0 Å². The van der Waals surface area contributed by atoms with Crippen LogP contribution in [0.4, 0.5) is 0 Å². The van der Waals surface area contributed by atoms with E-state index in [4.69, 9.17) is 58.0 Å². The van der Waals surface area contributed by atoms with E-state index in [2.05, 4.69) is 5.32 Å². The lowest BCUT2D eigenvalue weighted by atomic mass is 10.4. The Hall–Kier alpha value is 1.33. The van der Waals surface area contributed by atoms with Crippen LogP contribution in [-0.4, -0.2) is 65.6 Å². The summed E-state index contributed by atoms with van der Waals surface area (Å²) >= 11 is 29.1. The van der Waals surface area contributed by atoms with Crippen LogP contribution in [0.15, 0.2) is 0 Å². The van der Waals surface area contributed by atoms with E-state index in [0.29, 0.717) is 34.5 Å². The van der Waals surface area contributed by atoms with E-state index in [-0.39, 0.29) is 0 Å². The highest BCUT2D eigenvalue weighted by atomic mass is 35.5. The maximum atomic E-state index is 6.02. The molecule has 0 aromatic rings. The zero-order valence-corrected chi connectivity index (χ0v) is 13.4. The van der Waals surface area contributed by atoms with Crippen LogP contribution >= 0.6 is 58.0 Å². The highest BCUT2D eigenvalue weighted by molar-refractivity contribution is 6.20. The highest BCUT2D eigenvalue weighted by Gasteiger charge is 2.25. The minimum absolute atomic E-state index is 0.411. The number of rotatable bonds is 11. The minimum atomic E-state index is 0.411. The van der Waals surface area contributed by atoms with E-state index in [1.54, 1.807) is 0 Å². The molecule has 0 aliphatic carbocycles. The van der Waals surface area contributed by atoms with Gasteiger partial charge >= 0.3 is 0 Å². The molecule has 0 aliphatic rings. The van der Waals surface area contributed by atoms with Crippen molar-refractivity contribution in [1.82, 2.24) is 10.2 Å². The van der Waals surface area contributed by atoms with Crippen molar-refractivity contribution in [3.63, 3.8) is 0 Å². The van der Waals surface area contributed by atoms with Crippen LogP contribution < -0.4 is 5.32 Å². The van der Waals surface area contributed by atoms with E-state index < -0.39 is 0 Å². The van der Waals surface area contributed by atoms with Gasteiger partial charge in [-0.3, -0.25) is 14.7 Å². The minimum Gasteiger partial charge on any atom is -0.298 e. The number of nitrogens with zero attached hydrogens (tertiary/aromatic N) is 2. The topological polar surface area (TPSA) is 15.3 Å². The predicted molar refractivity (Wildman–Crippen MR) is 78.3 cm³/mol. The Balaban J connectivity index is 4.18. The summed E-state index contributed by atoms with van der Waals surface area (Å²) < 4.78 is 0.608. The van der Waals surface area contributed by atoms with Gasteiger partial charge in [-0.2, -0.15) is 0 Å². The first-order valence-corrected chi connectivity index (χ1v) is 7.93. The van der Waals surface area contributed by atoms with Crippen molar-refractivity contribution in [3.05, 3.63) is 0 Å². The molecule has 0 bridgehead atoms. The van der Waals surface area contributed by atoms with E-state index in [9.17, 15) is 0 Å². The molecule has 0 heterocycles. The quantitative estimate of drug-likeness (QED) is 0.268. The van der Waals surface area contributed by atoms with Crippen molar-refractivity contribution < 1.29 is 4.48 Å². The van der Waals surface area contributed by atoms with Crippen molar-refractivity contribution in [2.75, 3.05) is 56.2 Å². The smallest absolute Gasteiger partial charge is 0.155 e. The maximum absolute atomic E-state index is 6.02. The molecule has 0 unspecified atom stereocenters. The lowest BCUT2D eigenvalue weighted by Gasteiger charge is -2.35. The van der Waals surface area contributed by atoms with Gasteiger partial charge in [0.2, 0.25) is 0 Å². The number of nitrogens with one attached hydrogen (secondary N) is 1. The summed E-state index contributed by atoms with van der Waals surface area (Å²) in [5, 5.41) is 3.05. The SMILES string of the molecule is ClCNCC[N+](CCl)(CCl)CCN(CCl)CCl. The summed E-state index contributed by atoms with van der Waals surface area (Å²) in [6, 6.07) is 2.18. The summed E-state index contributed by atoms with van der Waals surface area (Å²) in [7, 11) is 0. The van der Waals surface area contributed by atoms with Crippen molar-refractivity contribution in [3.8, 4) is 0 Å². The Labute approximate surface area is 128 Å². The van der Waals surface area contributed by atoms with Gasteiger partial charge in [-0.05, 0) is 0 Å². The normalized spacial score (nSPS) is 12.4. The Morgan fingerprint density at radius 2 is 1.47 bits per heavy atom. The number of alkyl halides is 5. The number of halogens is 5. The molecule has 3 nitrogen and oxygen atoms in total. The average molecular weight is 347 g/mol. The summed E-state index contributed by atoms with van der Waals surface area (Å²) in [4.78, 5) is 1.92. The van der Waals surface area contributed by atoms with Crippen LogP contribution in [0.2, 0.25) is 0 Å². The van der Waals surface area contributed by atoms with Gasteiger partial charge in [0.05, 0.1) is 37.6 Å². The maximum Gasteiger partial charge on any atom is 0.155 e. The first-order chi connectivity index (χ1) is 8.17. The van der Waals surface area contributed by atoms with Crippen LogP contribution in [0.3, 0.4) is 0 Å². The number of quaternary nitrogens is 1. The second-order valence-corrected chi connectivity index (χ2v) is 5.02. The van der Waals surface area contributed by atoms with Gasteiger partial charge < -0.3 is 0 Å². The summed E-state index contributed by atoms with van der Waals surface area (Å²) in [6.45, 7) is 3.20. The molecule has 0 saturated heterocycles. The van der Waals surface area contributed by atoms with Gasteiger partial charge in [-0.15, -0.1) is 34.8 Å². The molecule has 0 aliphatic heterocycles. The van der Waals surface area contributed by atoms with Crippen molar-refractivity contribution >= 4 is 58.0 Å². The molecular weight excluding hydrogens is 327 g/mol. The number of hydrogen-bond acceptors (Lipinski definition) is 2. The largest absolute Gasteiger partial charge is 0.298 e. The lowest BCUT2D eigenvalue weighted by molar-refractivity contribution is -0.905. The van der Waals surface area contributed by atoms with E-state index >= 15 is 0 Å². The summed E-state index contributed by atoms with van der Waals surface area (Å²) in [6.07, 6.45) is 0. The van der Waals surface area contributed by atoms with E-state index in [1.807, 2.05) is 4.90 Å². The van der Waals surface area contributed by atoms with Crippen molar-refractivity contribution in [2.45, 2.75) is 0 Å². The third kappa shape index (κ3) is 7.48. The second-order valence-electron chi connectivity index (χ2n) is 3.80. The third-order valence-corrected chi connectivity index (χ3v) is 4.47. The zero-order chi connectivity index (χ0) is 13.1. The van der Waals surface area contributed by atoms with E-state index in [0.717, 1.165) is 26.2 Å². The Kier molecular flexibility index (Phi) is 12.1. The van der Waals surface area contributed by atoms with E-state index in [1.165, 1.54) is 0 Å². The van der Waals surface area contributed by atoms with Crippen LogP contribution in [0, 0.1) is 0 Å². The molecule has 0 saturated carbocycles. The van der Waals surface area contributed by atoms with Crippen LogP contribution in [0.1, 0.15) is 0 Å². The van der Waals surface area contributed by atoms with Gasteiger partial charge in [0.15, 0.2) is 12.0 Å². The molecule has 0 atom stereocenters. The van der Waals surface area contributed by atoms with Crippen LogP contribution in [0.5, 0.6) is 0 Å². The zero-order valence-electron chi connectivity index (χ0n) is 9.65. The molecule has 104 valence electrons. The standard InChI is InChI=1S/C9H19Cl5N3/c10-5-15-1-3-17(8-13,9-14)4-2-16(6-11)7-12/h15H,1-9H2/q+1. The molecule has 1 N–H and O–H groups in total. The molecule has 17 heavy (non-hydrogen) atoms. The third-order valence-electron chi connectivity index (χ3n) is 2.59. The fraction of sp³-hybridized carbons (Fsp3) is 1.00. The lowest BCUT2D eigenvalue weighted by Crippen LogP contribution is -2.53. The fourth-order valence-corrected chi connectivity index (χ4v) is 2.63. The molecule has 0 fully saturated rings. The van der Waals surface area contributed by atoms with Crippen molar-refractivity contribution in [1.29, 1.82) is 0 Å². The molecule has 0 radical (unpaired) electrons. The Morgan fingerprint density at radius 1 is 0.882 bits per heavy atom. The van der Waals surface area contributed by atoms with Gasteiger partial charge in [-0.1, -0.05) is 23.2 Å². The van der Waals surface area contributed by atoms with Gasteiger partial charge in [0.1, 0.15) is 0 Å². The van der Waals surface area contributed by atoms with Crippen LogP contribution in [-0.2, 0) is 0 Å². The van der Waals surface area contributed by atoms with Crippen LogP contribution in [0.25, 0.3) is 0 Å². The molecule has 0 spiro atoms. The summed E-state index contributed by atoms with van der Waals surface area (Å²) in [5.74, 6) is 0. The first kappa shape index (κ1) is 18.3. The summed E-state index contributed by atoms with van der Waals surface area (Å²) in [5.41, 5.74) is 0. The molecule has 0 aromatic carbocycles. The Bertz CT molecular complexity index is 176. The predicted octanol–water partition coefficient (Wildman–Crippen LogP) is 2.68. The van der Waals surface area contributed by atoms with Gasteiger partial charge in [-0.25, -0.2) is 0 Å². The molecule has 0 rings (SSSR count). The molecular formula is C9H19Cl5N3+. The van der Waals surface area contributed by atoms with Gasteiger partial charge in [0.25, 0.3) is 0 Å². The first-order valence-electron chi connectivity index (χ1n) is 5.26. The van der Waals surface area contributed by atoms with Gasteiger partial charge in [0, 0.05) is 6.54 Å². The second kappa shape index (κ2) is 11.2. The average Bonchev–Trinajstić information content (AvgIpc) is 2.38. The molecule has 8 heteroatoms. The molecule has 0 aromatic heterocycles. The number of hydrogen-bond donors (Lipinski definition) is 1. The highest BCUT2D eigenvalue weighted by Crippen LogP contribution is 2.11. The molecule has 0 amide bonds. The Morgan fingerprint density at radius 3 is 1.88 bits per heavy atom. The monoisotopic (exact) mass is 344 g/mol.